The second kappa shape index (κ2) is 15.7. The van der Waals surface area contributed by atoms with Crippen LogP contribution in [0.1, 0.15) is 25.3 Å². The summed E-state index contributed by atoms with van der Waals surface area (Å²) in [7, 11) is 2.45. The van der Waals surface area contributed by atoms with Crippen molar-refractivity contribution >= 4 is 72.6 Å². The van der Waals surface area contributed by atoms with Gasteiger partial charge in [0.1, 0.15) is 29.5 Å². The molecule has 1 aromatic heterocycles. The number of β-lactam (4-membered cyclic amide) rings is 1. The van der Waals surface area contributed by atoms with Gasteiger partial charge in [-0.3, -0.25) is 24.6 Å². The monoisotopic (exact) mass is 734 g/mol. The standard InChI is InChI=1S/C34H30N4O9S3/c1-20(32(41)46-17-21-11-12-21)29(33(42)47-18-22-13-15-23(16-14-22)38(43)44)37-30(40)28(36-27(39)19-45-24-7-3-2-4-8-24)31(37)49-50-34-35-25-9-5-6-10-26(25)48-34/h2-10,13-16,21,28,31H,11-12,17-19H2,1H3,(H,36,39)/b29-20-. The Morgan fingerprint density at radius 2 is 1.72 bits per heavy atom. The first-order chi connectivity index (χ1) is 24.2. The highest BCUT2D eigenvalue weighted by Crippen LogP contribution is 2.46. The summed E-state index contributed by atoms with van der Waals surface area (Å²) in [5, 5.41) is 12.9. The Morgan fingerprint density at radius 1 is 1.00 bits per heavy atom. The zero-order chi connectivity index (χ0) is 35.2. The Bertz CT molecular complexity index is 1920. The summed E-state index contributed by atoms with van der Waals surface area (Å²) in [6.45, 7) is 0.915. The number of carbonyl (C=O) groups excluding carboxylic acids is 4. The van der Waals surface area contributed by atoms with Crippen LogP contribution in [0.2, 0.25) is 0 Å². The number of benzene rings is 3. The highest BCUT2D eigenvalue weighted by molar-refractivity contribution is 8.77. The van der Waals surface area contributed by atoms with Crippen molar-refractivity contribution in [3.8, 4) is 5.75 Å². The van der Waals surface area contributed by atoms with Crippen LogP contribution < -0.4 is 10.1 Å². The summed E-state index contributed by atoms with van der Waals surface area (Å²) in [6.07, 6.45) is 1.86. The second-order valence-electron chi connectivity index (χ2n) is 11.4. The fourth-order valence-electron chi connectivity index (χ4n) is 4.84. The zero-order valence-corrected chi connectivity index (χ0v) is 29.0. The molecule has 1 aliphatic heterocycles. The minimum Gasteiger partial charge on any atom is -0.484 e. The Hall–Kier alpha value is -4.93. The number of carbonyl (C=O) groups is 4. The summed E-state index contributed by atoms with van der Waals surface area (Å²) < 4.78 is 18.2. The van der Waals surface area contributed by atoms with E-state index in [0.29, 0.717) is 15.7 Å². The maximum Gasteiger partial charge on any atom is 0.355 e. The van der Waals surface area contributed by atoms with Crippen LogP contribution in [0.4, 0.5) is 5.69 Å². The number of fused-ring (bicyclic) bond motifs is 1. The molecule has 50 heavy (non-hydrogen) atoms. The van der Waals surface area contributed by atoms with Gasteiger partial charge in [-0.1, -0.05) is 41.1 Å². The number of aromatic nitrogens is 1. The molecule has 1 saturated carbocycles. The maximum atomic E-state index is 13.8. The van der Waals surface area contributed by atoms with Crippen molar-refractivity contribution in [3.63, 3.8) is 0 Å². The Balaban J connectivity index is 1.25. The smallest absolute Gasteiger partial charge is 0.355 e. The summed E-state index contributed by atoms with van der Waals surface area (Å²) in [4.78, 5) is 70.1. The molecule has 2 amide bonds. The molecule has 3 aromatic carbocycles. The van der Waals surface area contributed by atoms with Crippen LogP contribution in [0.15, 0.2) is 94.5 Å². The van der Waals surface area contributed by atoms with Crippen molar-refractivity contribution in [2.75, 3.05) is 13.2 Å². The molecule has 13 nitrogen and oxygen atoms in total. The minimum absolute atomic E-state index is 0.131. The van der Waals surface area contributed by atoms with E-state index in [1.165, 1.54) is 64.1 Å². The molecular weight excluding hydrogens is 705 g/mol. The van der Waals surface area contributed by atoms with Gasteiger partial charge in [0.05, 0.1) is 27.3 Å². The predicted octanol–water partition coefficient (Wildman–Crippen LogP) is 5.65. The molecule has 0 radical (unpaired) electrons. The molecule has 16 heteroatoms. The fraction of sp³-hybridized carbons (Fsp3) is 0.265. The summed E-state index contributed by atoms with van der Waals surface area (Å²) in [5.74, 6) is -2.24. The molecule has 1 aliphatic carbocycles. The first kappa shape index (κ1) is 34.9. The molecule has 2 fully saturated rings. The summed E-state index contributed by atoms with van der Waals surface area (Å²) in [5.41, 5.74) is 0.656. The molecule has 2 heterocycles. The summed E-state index contributed by atoms with van der Waals surface area (Å²) in [6, 6.07) is 20.7. The molecule has 2 aliphatic rings. The normalized spacial score (nSPS) is 17.4. The number of nitrogens with zero attached hydrogens (tertiary/aromatic N) is 3. The quantitative estimate of drug-likeness (QED) is 0.0399. The topological polar surface area (TPSA) is 167 Å². The average molecular weight is 735 g/mol. The Kier molecular flexibility index (Phi) is 11.0. The van der Waals surface area contributed by atoms with Gasteiger partial charge in [-0.15, -0.1) is 11.3 Å². The van der Waals surface area contributed by atoms with Crippen LogP contribution in [0.3, 0.4) is 0 Å². The van der Waals surface area contributed by atoms with Crippen molar-refractivity contribution in [3.05, 3.63) is 106 Å². The van der Waals surface area contributed by atoms with Crippen LogP contribution in [-0.2, 0) is 35.3 Å². The summed E-state index contributed by atoms with van der Waals surface area (Å²) >= 11 is 1.45. The lowest BCUT2D eigenvalue weighted by atomic mass is 10.0. The van der Waals surface area contributed by atoms with Gasteiger partial charge < -0.3 is 19.5 Å². The van der Waals surface area contributed by atoms with E-state index in [-0.39, 0.29) is 42.7 Å². The van der Waals surface area contributed by atoms with Gasteiger partial charge in [-0.2, -0.15) is 0 Å². The largest absolute Gasteiger partial charge is 0.484 e. The first-order valence-electron chi connectivity index (χ1n) is 15.5. The van der Waals surface area contributed by atoms with Gasteiger partial charge in [0.25, 0.3) is 17.5 Å². The third kappa shape index (κ3) is 8.43. The van der Waals surface area contributed by atoms with Gasteiger partial charge in [0.15, 0.2) is 10.9 Å². The molecule has 1 saturated heterocycles. The van der Waals surface area contributed by atoms with Gasteiger partial charge in [0.2, 0.25) is 0 Å². The molecule has 258 valence electrons. The minimum atomic E-state index is -1.08. The van der Waals surface area contributed by atoms with Crippen molar-refractivity contribution in [2.24, 2.45) is 5.92 Å². The van der Waals surface area contributed by atoms with Gasteiger partial charge >= 0.3 is 11.9 Å². The van der Waals surface area contributed by atoms with E-state index in [4.69, 9.17) is 14.2 Å². The maximum absolute atomic E-state index is 13.8. The number of non-ortho nitro benzene ring substituents is 1. The van der Waals surface area contributed by atoms with Crippen LogP contribution in [0.5, 0.6) is 5.75 Å². The number of rotatable bonds is 15. The zero-order valence-electron chi connectivity index (χ0n) is 26.5. The fourth-order valence-corrected chi connectivity index (χ4v) is 8.75. The van der Waals surface area contributed by atoms with Crippen LogP contribution in [-0.4, -0.2) is 63.2 Å². The number of nitro benzene ring substituents is 1. The third-order valence-corrected chi connectivity index (χ3v) is 11.7. The second-order valence-corrected chi connectivity index (χ2v) is 15.0. The number of amides is 2. The number of ether oxygens (including phenoxy) is 3. The van der Waals surface area contributed by atoms with Gasteiger partial charge in [0, 0.05) is 12.1 Å². The van der Waals surface area contributed by atoms with E-state index < -0.39 is 40.1 Å². The van der Waals surface area contributed by atoms with Crippen LogP contribution in [0.25, 0.3) is 10.2 Å². The molecular formula is C34H30N4O9S3. The number of thiazole rings is 1. The molecule has 1 N–H and O–H groups in total. The number of para-hydroxylation sites is 2. The van der Waals surface area contributed by atoms with Crippen molar-refractivity contribution < 1.29 is 38.3 Å². The van der Waals surface area contributed by atoms with Gasteiger partial charge in [-0.25, -0.2) is 14.6 Å². The Labute approximate surface area is 297 Å². The average Bonchev–Trinajstić information content (AvgIpc) is 3.87. The lowest BCUT2D eigenvalue weighted by Gasteiger charge is -2.46. The highest BCUT2D eigenvalue weighted by Gasteiger charge is 2.53. The van der Waals surface area contributed by atoms with Crippen molar-refractivity contribution in [2.45, 2.75) is 42.1 Å². The van der Waals surface area contributed by atoms with E-state index in [2.05, 4.69) is 10.3 Å². The molecule has 0 bridgehead atoms. The Morgan fingerprint density at radius 3 is 2.42 bits per heavy atom. The van der Waals surface area contributed by atoms with E-state index in [0.717, 1.165) is 28.0 Å². The molecule has 2 unspecified atom stereocenters. The molecule has 4 aromatic rings. The van der Waals surface area contributed by atoms with Crippen molar-refractivity contribution in [1.29, 1.82) is 0 Å². The lowest BCUT2D eigenvalue weighted by molar-refractivity contribution is -0.384. The lowest BCUT2D eigenvalue weighted by Crippen LogP contribution is -2.69. The van der Waals surface area contributed by atoms with Gasteiger partial charge in [-0.05, 0) is 78.4 Å². The number of esters is 2. The van der Waals surface area contributed by atoms with Crippen molar-refractivity contribution in [1.82, 2.24) is 15.2 Å². The highest BCUT2D eigenvalue weighted by atomic mass is 33.1. The number of likely N-dealkylation sites (tertiary alicyclic amines) is 1. The number of nitro groups is 1. The predicted molar refractivity (Wildman–Crippen MR) is 187 cm³/mol. The molecule has 0 spiro atoms. The number of hydrogen-bond acceptors (Lipinski definition) is 13. The molecule has 6 rings (SSSR count). The van der Waals surface area contributed by atoms with E-state index in [9.17, 15) is 29.3 Å². The van der Waals surface area contributed by atoms with E-state index >= 15 is 0 Å². The first-order valence-corrected chi connectivity index (χ1v) is 18.5. The van der Waals surface area contributed by atoms with E-state index in [1.807, 2.05) is 30.3 Å². The number of nitrogens with one attached hydrogen (secondary N) is 1. The molecule has 2 atom stereocenters. The SMILES string of the molecule is C/C(C(=O)OCC1CC1)=C(\C(=O)OCc1ccc([N+](=O)[O-])cc1)N1C(=O)C(NC(=O)COc2ccccc2)C1SSc1nc2ccccc2s1. The van der Waals surface area contributed by atoms with E-state index in [1.54, 1.807) is 24.3 Å². The third-order valence-electron chi connectivity index (χ3n) is 7.72. The van der Waals surface area contributed by atoms with Crippen LogP contribution in [0, 0.1) is 16.0 Å². The number of hydrogen-bond donors (Lipinski definition) is 1. The van der Waals surface area contributed by atoms with Crippen LogP contribution >= 0.6 is 32.9 Å².